The summed E-state index contributed by atoms with van der Waals surface area (Å²) in [5, 5.41) is 4.14. The Kier molecular flexibility index (Phi) is 6.95. The minimum absolute atomic E-state index is 0. The molecule has 0 saturated carbocycles. The van der Waals surface area contributed by atoms with E-state index in [1.54, 1.807) is 11.3 Å². The number of nitrogens with one attached hydrogen (secondary N) is 1. The van der Waals surface area contributed by atoms with E-state index in [9.17, 15) is 0 Å². The molecule has 0 bridgehead atoms. The summed E-state index contributed by atoms with van der Waals surface area (Å²) in [5.41, 5.74) is 10.3. The van der Waals surface area contributed by atoms with Crippen LogP contribution in [0, 0.1) is 13.8 Å². The number of benzene rings is 2. The summed E-state index contributed by atoms with van der Waals surface area (Å²) in [4.78, 5) is 10.2. The van der Waals surface area contributed by atoms with E-state index in [0.29, 0.717) is 12.5 Å². The Bertz CT molecular complexity index is 859. The molecule has 3 rings (SSSR count). The molecule has 0 aliphatic carbocycles. The molecule has 0 saturated heterocycles. The number of rotatable bonds is 4. The van der Waals surface area contributed by atoms with Gasteiger partial charge in [0.2, 0.25) is 0 Å². The maximum absolute atomic E-state index is 5.99. The number of hydrogen-bond donors (Lipinski definition) is 2. The van der Waals surface area contributed by atoms with Crippen LogP contribution in [0.2, 0.25) is 0 Å². The van der Waals surface area contributed by atoms with Crippen LogP contribution in [0.1, 0.15) is 16.1 Å². The number of hydrogen-bond acceptors (Lipinski definition) is 3. The molecule has 0 aliphatic rings. The molecule has 0 fully saturated rings. The third-order valence-corrected chi connectivity index (χ3v) is 4.79. The van der Waals surface area contributed by atoms with Gasteiger partial charge in [0.25, 0.3) is 0 Å². The second kappa shape index (κ2) is 8.96. The fourth-order valence-corrected chi connectivity index (χ4v) is 3.34. The lowest BCUT2D eigenvalue weighted by molar-refractivity contribution is 1.05. The lowest BCUT2D eigenvalue weighted by atomic mass is 10.2. The fourth-order valence-electron chi connectivity index (χ4n) is 2.35. The van der Waals surface area contributed by atoms with E-state index in [0.717, 1.165) is 26.8 Å². The summed E-state index contributed by atoms with van der Waals surface area (Å²) in [5.74, 6) is 0.412. The molecule has 0 amide bonds. The summed E-state index contributed by atoms with van der Waals surface area (Å²) < 4.78 is 0. The fraction of sp³-hybridized carbons (Fsp3) is 0.158. The highest BCUT2D eigenvalue weighted by atomic mass is 127. The van der Waals surface area contributed by atoms with Gasteiger partial charge in [0.15, 0.2) is 5.96 Å². The van der Waals surface area contributed by atoms with Crippen LogP contribution in [0.15, 0.2) is 59.6 Å². The Morgan fingerprint density at radius 3 is 2.60 bits per heavy atom. The van der Waals surface area contributed by atoms with Crippen molar-refractivity contribution in [3.63, 3.8) is 0 Å². The van der Waals surface area contributed by atoms with Gasteiger partial charge in [-0.15, -0.1) is 35.3 Å². The Balaban J connectivity index is 0.00000225. The van der Waals surface area contributed by atoms with E-state index in [4.69, 9.17) is 5.73 Å². The molecule has 6 heteroatoms. The van der Waals surface area contributed by atoms with E-state index in [1.165, 1.54) is 5.56 Å². The van der Waals surface area contributed by atoms with Gasteiger partial charge in [0, 0.05) is 16.1 Å². The van der Waals surface area contributed by atoms with E-state index >= 15 is 0 Å². The highest BCUT2D eigenvalue weighted by Crippen LogP contribution is 2.28. The molecular weight excluding hydrogens is 443 g/mol. The van der Waals surface area contributed by atoms with E-state index < -0.39 is 0 Å². The van der Waals surface area contributed by atoms with Gasteiger partial charge >= 0.3 is 0 Å². The number of nitrogens with two attached hydrogens (primary N) is 1. The highest BCUT2D eigenvalue weighted by molar-refractivity contribution is 14.0. The third-order valence-electron chi connectivity index (χ3n) is 3.60. The van der Waals surface area contributed by atoms with Gasteiger partial charge < -0.3 is 11.1 Å². The molecule has 3 N–H and O–H groups in total. The minimum Gasteiger partial charge on any atom is -0.370 e. The van der Waals surface area contributed by atoms with Crippen molar-refractivity contribution in [3.05, 3.63) is 70.7 Å². The van der Waals surface area contributed by atoms with E-state index in [2.05, 4.69) is 27.4 Å². The number of aromatic nitrogens is 1. The number of aryl methyl sites for hydroxylation is 2. The molecule has 4 nitrogen and oxygen atoms in total. The summed E-state index contributed by atoms with van der Waals surface area (Å²) in [6.45, 7) is 4.59. The predicted molar refractivity (Wildman–Crippen MR) is 118 cm³/mol. The van der Waals surface area contributed by atoms with Crippen molar-refractivity contribution in [1.29, 1.82) is 0 Å². The molecule has 0 radical (unpaired) electrons. The standard InChI is InChI=1S/C19H20N4S.HI/c1-13-7-6-10-16(11-13)23-19(20)21-12-17-14(2)22-18(24-17)15-8-4-3-5-9-15;/h3-11H,12H2,1-2H3,(H3,20,21,23);1H. The zero-order valence-corrected chi connectivity index (χ0v) is 17.3. The van der Waals surface area contributed by atoms with E-state index in [1.807, 2.05) is 56.3 Å². The minimum atomic E-state index is 0. The molecular formula is C19H21IN4S. The molecule has 130 valence electrons. The lowest BCUT2D eigenvalue weighted by Gasteiger charge is -2.06. The summed E-state index contributed by atoms with van der Waals surface area (Å²) in [6, 6.07) is 18.2. The zero-order valence-electron chi connectivity index (χ0n) is 14.2. The molecule has 1 heterocycles. The van der Waals surface area contributed by atoms with Crippen LogP contribution in [-0.4, -0.2) is 10.9 Å². The van der Waals surface area contributed by atoms with E-state index in [-0.39, 0.29) is 24.0 Å². The van der Waals surface area contributed by atoms with Crippen molar-refractivity contribution < 1.29 is 0 Å². The molecule has 3 aromatic rings. The van der Waals surface area contributed by atoms with Crippen LogP contribution in [0.4, 0.5) is 5.69 Å². The van der Waals surface area contributed by atoms with Gasteiger partial charge in [-0.05, 0) is 31.5 Å². The van der Waals surface area contributed by atoms with Gasteiger partial charge in [0.05, 0.1) is 12.2 Å². The Hall–Kier alpha value is -1.93. The number of halogens is 1. The van der Waals surface area contributed by atoms with Crippen LogP contribution in [-0.2, 0) is 6.54 Å². The lowest BCUT2D eigenvalue weighted by Crippen LogP contribution is -2.22. The molecule has 25 heavy (non-hydrogen) atoms. The molecule has 0 atom stereocenters. The first-order valence-corrected chi connectivity index (χ1v) is 8.59. The topological polar surface area (TPSA) is 63.3 Å². The van der Waals surface area contributed by atoms with Gasteiger partial charge in [0.1, 0.15) is 5.01 Å². The number of aliphatic imine (C=N–C) groups is 1. The van der Waals surface area contributed by atoms with Crippen molar-refractivity contribution in [1.82, 2.24) is 4.98 Å². The van der Waals surface area contributed by atoms with Crippen molar-refractivity contribution >= 4 is 47.0 Å². The Labute approximate surface area is 169 Å². The summed E-state index contributed by atoms with van der Waals surface area (Å²) in [6.07, 6.45) is 0. The van der Waals surface area contributed by atoms with Crippen molar-refractivity contribution in [2.75, 3.05) is 5.32 Å². The van der Waals surface area contributed by atoms with Crippen molar-refractivity contribution in [2.45, 2.75) is 20.4 Å². The highest BCUT2D eigenvalue weighted by Gasteiger charge is 2.09. The molecule has 0 spiro atoms. The SMILES string of the molecule is Cc1cccc(NC(N)=NCc2sc(-c3ccccc3)nc2C)c1.I. The van der Waals surface area contributed by atoms with Crippen molar-refractivity contribution in [3.8, 4) is 10.6 Å². The Morgan fingerprint density at radius 2 is 1.88 bits per heavy atom. The smallest absolute Gasteiger partial charge is 0.193 e. The van der Waals surface area contributed by atoms with Gasteiger partial charge in [-0.1, -0.05) is 42.5 Å². The van der Waals surface area contributed by atoms with Crippen LogP contribution in [0.25, 0.3) is 10.6 Å². The normalized spacial score (nSPS) is 11.0. The maximum atomic E-state index is 5.99. The van der Waals surface area contributed by atoms with Crippen LogP contribution in [0.3, 0.4) is 0 Å². The summed E-state index contributed by atoms with van der Waals surface area (Å²) >= 11 is 1.66. The monoisotopic (exact) mass is 464 g/mol. The van der Waals surface area contributed by atoms with Crippen LogP contribution >= 0.6 is 35.3 Å². The van der Waals surface area contributed by atoms with Gasteiger partial charge in [-0.3, -0.25) is 0 Å². The average molecular weight is 464 g/mol. The third kappa shape index (κ3) is 5.27. The maximum Gasteiger partial charge on any atom is 0.193 e. The quantitative estimate of drug-likeness (QED) is 0.326. The van der Waals surface area contributed by atoms with Gasteiger partial charge in [-0.2, -0.15) is 0 Å². The van der Waals surface area contributed by atoms with Crippen LogP contribution < -0.4 is 11.1 Å². The largest absolute Gasteiger partial charge is 0.370 e. The van der Waals surface area contributed by atoms with Gasteiger partial charge in [-0.25, -0.2) is 9.98 Å². The number of nitrogens with zero attached hydrogens (tertiary/aromatic N) is 2. The first-order chi connectivity index (χ1) is 11.6. The number of thiazole rings is 1. The summed E-state index contributed by atoms with van der Waals surface area (Å²) in [7, 11) is 0. The van der Waals surface area contributed by atoms with Crippen LogP contribution in [0.5, 0.6) is 0 Å². The second-order valence-electron chi connectivity index (χ2n) is 5.59. The molecule has 0 aliphatic heterocycles. The number of guanidine groups is 1. The zero-order chi connectivity index (χ0) is 16.9. The molecule has 2 aromatic carbocycles. The van der Waals surface area contributed by atoms with Crippen molar-refractivity contribution in [2.24, 2.45) is 10.7 Å². The first kappa shape index (κ1) is 19.4. The molecule has 0 unspecified atom stereocenters. The first-order valence-electron chi connectivity index (χ1n) is 7.77. The average Bonchev–Trinajstić information content (AvgIpc) is 2.95. The number of anilines is 1. The second-order valence-corrected chi connectivity index (χ2v) is 6.67. The predicted octanol–water partition coefficient (Wildman–Crippen LogP) is 4.97. The Morgan fingerprint density at radius 1 is 1.12 bits per heavy atom. The molecule has 1 aromatic heterocycles.